The van der Waals surface area contributed by atoms with Gasteiger partial charge in [0.1, 0.15) is 22.1 Å². The van der Waals surface area contributed by atoms with E-state index in [9.17, 15) is 18.5 Å². The third-order valence-corrected chi connectivity index (χ3v) is 4.69. The molecule has 0 aliphatic rings. The molecule has 25 heavy (non-hydrogen) atoms. The molecule has 0 aliphatic carbocycles. The van der Waals surface area contributed by atoms with Crippen LogP contribution in [0.4, 0.5) is 11.4 Å². The van der Waals surface area contributed by atoms with Gasteiger partial charge in [-0.2, -0.15) is 0 Å². The molecule has 0 saturated carbocycles. The number of benzene rings is 2. The summed E-state index contributed by atoms with van der Waals surface area (Å²) in [4.78, 5) is 10.1. The number of nitrogens with zero attached hydrogens (tertiary/aromatic N) is 1. The fraction of sp³-hybridized carbons (Fsp3) is 0.200. The van der Waals surface area contributed by atoms with Gasteiger partial charge in [-0.05, 0) is 18.2 Å². The standard InChI is InChI=1S/C15H16N2O7S/c1-22-11-5-7-14(24-3)15(9-11)25(20,21)16-12-8-10(17(18)19)4-6-13(12)23-2/h4-9,16H,1-3H3. The van der Waals surface area contributed by atoms with Crippen molar-refractivity contribution in [2.24, 2.45) is 0 Å². The Balaban J connectivity index is 2.52. The van der Waals surface area contributed by atoms with E-state index in [0.717, 1.165) is 6.07 Å². The quantitative estimate of drug-likeness (QED) is 0.589. The van der Waals surface area contributed by atoms with Crippen LogP contribution in [0, 0.1) is 10.1 Å². The van der Waals surface area contributed by atoms with Gasteiger partial charge >= 0.3 is 0 Å². The number of sulfonamides is 1. The molecular formula is C15H16N2O7S. The smallest absolute Gasteiger partial charge is 0.271 e. The summed E-state index contributed by atoms with van der Waals surface area (Å²) in [5, 5.41) is 10.9. The molecule has 2 aromatic carbocycles. The molecule has 0 heterocycles. The van der Waals surface area contributed by atoms with Gasteiger partial charge in [-0.15, -0.1) is 0 Å². The summed E-state index contributed by atoms with van der Waals surface area (Å²) in [6.07, 6.45) is 0. The summed E-state index contributed by atoms with van der Waals surface area (Å²) in [6.45, 7) is 0. The summed E-state index contributed by atoms with van der Waals surface area (Å²) < 4.78 is 42.9. The van der Waals surface area contributed by atoms with E-state index >= 15 is 0 Å². The Kier molecular flexibility index (Phi) is 5.32. The van der Waals surface area contributed by atoms with E-state index < -0.39 is 14.9 Å². The van der Waals surface area contributed by atoms with Crippen LogP contribution < -0.4 is 18.9 Å². The molecule has 9 nitrogen and oxygen atoms in total. The summed E-state index contributed by atoms with van der Waals surface area (Å²) >= 11 is 0. The van der Waals surface area contributed by atoms with Crippen molar-refractivity contribution >= 4 is 21.4 Å². The molecule has 134 valence electrons. The van der Waals surface area contributed by atoms with Gasteiger partial charge in [0.25, 0.3) is 15.7 Å². The second kappa shape index (κ2) is 7.26. The predicted octanol–water partition coefficient (Wildman–Crippen LogP) is 2.42. The molecule has 2 rings (SSSR count). The lowest BCUT2D eigenvalue weighted by Crippen LogP contribution is -2.15. The monoisotopic (exact) mass is 368 g/mol. The highest BCUT2D eigenvalue weighted by molar-refractivity contribution is 7.92. The van der Waals surface area contributed by atoms with Crippen LogP contribution in [-0.4, -0.2) is 34.7 Å². The summed E-state index contributed by atoms with van der Waals surface area (Å²) in [5.74, 6) is 0.543. The summed E-state index contributed by atoms with van der Waals surface area (Å²) in [5.41, 5.74) is -0.349. The lowest BCUT2D eigenvalue weighted by Gasteiger charge is -2.14. The molecule has 1 N–H and O–H groups in total. The van der Waals surface area contributed by atoms with Crippen molar-refractivity contribution in [3.63, 3.8) is 0 Å². The Bertz CT molecular complexity index is 897. The Morgan fingerprint density at radius 2 is 1.60 bits per heavy atom. The fourth-order valence-corrected chi connectivity index (χ4v) is 3.33. The zero-order valence-electron chi connectivity index (χ0n) is 13.7. The molecule has 0 fully saturated rings. The zero-order chi connectivity index (χ0) is 18.6. The molecule has 0 aliphatic heterocycles. The van der Waals surface area contributed by atoms with Crippen LogP contribution >= 0.6 is 0 Å². The molecule has 0 spiro atoms. The van der Waals surface area contributed by atoms with Crippen LogP contribution in [0.1, 0.15) is 0 Å². The van der Waals surface area contributed by atoms with Crippen molar-refractivity contribution in [3.05, 3.63) is 46.5 Å². The van der Waals surface area contributed by atoms with Crippen LogP contribution in [0.25, 0.3) is 0 Å². The number of hydrogen-bond acceptors (Lipinski definition) is 7. The van der Waals surface area contributed by atoms with E-state index in [1.165, 1.54) is 45.6 Å². The highest BCUT2D eigenvalue weighted by Crippen LogP contribution is 2.34. The first-order chi connectivity index (χ1) is 11.8. The molecule has 0 unspecified atom stereocenters. The van der Waals surface area contributed by atoms with Crippen molar-refractivity contribution < 1.29 is 27.6 Å². The molecule has 0 bridgehead atoms. The number of ether oxygens (including phenoxy) is 3. The van der Waals surface area contributed by atoms with E-state index in [4.69, 9.17) is 14.2 Å². The van der Waals surface area contributed by atoms with Crippen molar-refractivity contribution in [1.29, 1.82) is 0 Å². The third kappa shape index (κ3) is 3.91. The Morgan fingerprint density at radius 1 is 0.960 bits per heavy atom. The van der Waals surface area contributed by atoms with Gasteiger partial charge in [0.15, 0.2) is 0 Å². The van der Waals surface area contributed by atoms with Crippen molar-refractivity contribution in [3.8, 4) is 17.2 Å². The van der Waals surface area contributed by atoms with Crippen LogP contribution in [-0.2, 0) is 10.0 Å². The van der Waals surface area contributed by atoms with Gasteiger partial charge in [0.05, 0.1) is 31.9 Å². The third-order valence-electron chi connectivity index (χ3n) is 3.30. The molecule has 0 atom stereocenters. The largest absolute Gasteiger partial charge is 0.497 e. The lowest BCUT2D eigenvalue weighted by atomic mass is 10.2. The number of methoxy groups -OCH3 is 3. The first-order valence-electron chi connectivity index (χ1n) is 6.89. The first kappa shape index (κ1) is 18.3. The SMILES string of the molecule is COc1ccc(OC)c(S(=O)(=O)Nc2cc([N+](=O)[O-])ccc2OC)c1. The lowest BCUT2D eigenvalue weighted by molar-refractivity contribution is -0.384. The molecular weight excluding hydrogens is 352 g/mol. The highest BCUT2D eigenvalue weighted by atomic mass is 32.2. The van der Waals surface area contributed by atoms with E-state index in [1.807, 2.05) is 0 Å². The molecule has 0 saturated heterocycles. The number of nitro groups is 1. The van der Waals surface area contributed by atoms with Crippen molar-refractivity contribution in [1.82, 2.24) is 0 Å². The van der Waals surface area contributed by atoms with Gasteiger partial charge in [0, 0.05) is 18.2 Å². The minimum absolute atomic E-state index is 0.0680. The molecule has 2 aromatic rings. The molecule has 0 aromatic heterocycles. The van der Waals surface area contributed by atoms with Gasteiger partial charge in [-0.1, -0.05) is 0 Å². The number of hydrogen-bond donors (Lipinski definition) is 1. The maximum atomic E-state index is 12.7. The highest BCUT2D eigenvalue weighted by Gasteiger charge is 2.23. The predicted molar refractivity (Wildman–Crippen MR) is 90.0 cm³/mol. The average molecular weight is 368 g/mol. The minimum atomic E-state index is -4.12. The maximum absolute atomic E-state index is 12.7. The van der Waals surface area contributed by atoms with Crippen LogP contribution in [0.5, 0.6) is 17.2 Å². The van der Waals surface area contributed by atoms with E-state index in [2.05, 4.69) is 4.72 Å². The van der Waals surface area contributed by atoms with Gasteiger partial charge in [-0.25, -0.2) is 8.42 Å². The number of nitro benzene ring substituents is 1. The van der Waals surface area contributed by atoms with E-state index in [-0.39, 0.29) is 27.8 Å². The van der Waals surface area contributed by atoms with Crippen LogP contribution in [0.15, 0.2) is 41.3 Å². The Hall–Kier alpha value is -3.01. The van der Waals surface area contributed by atoms with Gasteiger partial charge < -0.3 is 14.2 Å². The number of anilines is 1. The number of nitrogens with one attached hydrogen (secondary N) is 1. The number of non-ortho nitro benzene ring substituents is 1. The topological polar surface area (TPSA) is 117 Å². The molecule has 0 radical (unpaired) electrons. The molecule has 10 heteroatoms. The first-order valence-corrected chi connectivity index (χ1v) is 8.38. The van der Waals surface area contributed by atoms with Crippen LogP contribution in [0.2, 0.25) is 0 Å². The summed E-state index contributed by atoms with van der Waals surface area (Å²) in [6, 6.07) is 7.86. The normalized spacial score (nSPS) is 10.8. The maximum Gasteiger partial charge on any atom is 0.271 e. The Morgan fingerprint density at radius 3 is 2.16 bits per heavy atom. The summed E-state index contributed by atoms with van der Waals surface area (Å²) in [7, 11) is -0.0706. The van der Waals surface area contributed by atoms with Crippen LogP contribution in [0.3, 0.4) is 0 Å². The van der Waals surface area contributed by atoms with Crippen molar-refractivity contribution in [2.75, 3.05) is 26.1 Å². The molecule has 0 amide bonds. The average Bonchev–Trinajstić information content (AvgIpc) is 2.60. The van der Waals surface area contributed by atoms with E-state index in [1.54, 1.807) is 6.07 Å². The Labute approximate surface area is 144 Å². The zero-order valence-corrected chi connectivity index (χ0v) is 14.5. The second-order valence-electron chi connectivity index (χ2n) is 4.76. The van der Waals surface area contributed by atoms with Gasteiger partial charge in [-0.3, -0.25) is 14.8 Å². The number of rotatable bonds is 7. The van der Waals surface area contributed by atoms with E-state index in [0.29, 0.717) is 5.75 Å². The fourth-order valence-electron chi connectivity index (χ4n) is 2.08. The van der Waals surface area contributed by atoms with Gasteiger partial charge in [0.2, 0.25) is 0 Å². The minimum Gasteiger partial charge on any atom is -0.497 e. The second-order valence-corrected chi connectivity index (χ2v) is 6.41. The van der Waals surface area contributed by atoms with Crippen molar-refractivity contribution in [2.45, 2.75) is 4.90 Å².